The highest BCUT2D eigenvalue weighted by atomic mass is 32.2. The number of sulfonamides is 1. The molecule has 1 atom stereocenters. The molecule has 3 aliphatic heterocycles. The van der Waals surface area contributed by atoms with E-state index in [1.165, 1.54) is 38.4 Å². The average molecular weight is 565 g/mol. The maximum atomic E-state index is 14.3. The van der Waals surface area contributed by atoms with Crippen molar-refractivity contribution >= 4 is 39.1 Å². The topological polar surface area (TPSA) is 119 Å². The van der Waals surface area contributed by atoms with Gasteiger partial charge in [0, 0.05) is 43.9 Å². The van der Waals surface area contributed by atoms with E-state index in [0.29, 0.717) is 30.9 Å². The van der Waals surface area contributed by atoms with E-state index in [2.05, 4.69) is 6.58 Å². The van der Waals surface area contributed by atoms with E-state index >= 15 is 0 Å². The molecule has 5 rings (SSSR count). The summed E-state index contributed by atoms with van der Waals surface area (Å²) in [6.07, 6.45) is 3.15. The van der Waals surface area contributed by atoms with Crippen molar-refractivity contribution in [3.8, 4) is 0 Å². The molecule has 0 radical (unpaired) electrons. The van der Waals surface area contributed by atoms with E-state index in [4.69, 9.17) is 0 Å². The first-order valence-corrected chi connectivity index (χ1v) is 14.6. The van der Waals surface area contributed by atoms with Crippen molar-refractivity contribution in [3.05, 3.63) is 77.9 Å². The Morgan fingerprint density at radius 2 is 1.70 bits per heavy atom. The van der Waals surface area contributed by atoms with E-state index < -0.39 is 38.9 Å². The molecule has 3 heterocycles. The predicted octanol–water partition coefficient (Wildman–Crippen LogP) is 2.14. The molecule has 3 aliphatic rings. The molecule has 40 heavy (non-hydrogen) atoms. The molecule has 2 saturated heterocycles. The number of likely N-dealkylation sites (tertiary alicyclic amines) is 1. The summed E-state index contributed by atoms with van der Waals surface area (Å²) < 4.78 is 27.4. The van der Waals surface area contributed by atoms with Crippen LogP contribution in [0.5, 0.6) is 0 Å². The van der Waals surface area contributed by atoms with Gasteiger partial charge in [0.1, 0.15) is 5.76 Å². The molecule has 2 aromatic rings. The van der Waals surface area contributed by atoms with Crippen LogP contribution in [-0.4, -0.2) is 92.0 Å². The van der Waals surface area contributed by atoms with E-state index in [-0.39, 0.29) is 29.1 Å². The molecule has 210 valence electrons. The summed E-state index contributed by atoms with van der Waals surface area (Å²) in [7, 11) is -0.0672. The fourth-order valence-corrected chi connectivity index (χ4v) is 7.30. The third-order valence-electron chi connectivity index (χ3n) is 7.72. The number of aliphatic hydroxyl groups is 1. The van der Waals surface area contributed by atoms with Gasteiger partial charge < -0.3 is 19.8 Å². The number of hydrogen-bond donors (Lipinski definition) is 1. The number of hydrogen-bond acceptors (Lipinski definition) is 7. The minimum Gasteiger partial charge on any atom is -0.507 e. The number of amides is 2. The van der Waals surface area contributed by atoms with Crippen LogP contribution < -0.4 is 4.90 Å². The van der Waals surface area contributed by atoms with Crippen LogP contribution in [0.15, 0.2) is 71.7 Å². The average Bonchev–Trinajstić information content (AvgIpc) is 3.62. The number of nitrogens with zero attached hydrogens (tertiary/aromatic N) is 4. The third-order valence-corrected chi connectivity index (χ3v) is 9.64. The lowest BCUT2D eigenvalue weighted by molar-refractivity contribution is -0.143. The maximum Gasteiger partial charge on any atom is 0.296 e. The van der Waals surface area contributed by atoms with Gasteiger partial charge in [-0.15, -0.1) is 6.58 Å². The van der Waals surface area contributed by atoms with Gasteiger partial charge in [0.05, 0.1) is 16.2 Å². The summed E-state index contributed by atoms with van der Waals surface area (Å²) in [5.41, 5.74) is -1.17. The van der Waals surface area contributed by atoms with Gasteiger partial charge in [0.15, 0.2) is 5.54 Å². The summed E-state index contributed by atoms with van der Waals surface area (Å²) in [4.78, 5) is 46.0. The number of para-hydroxylation sites is 1. The van der Waals surface area contributed by atoms with Gasteiger partial charge in [0.25, 0.3) is 17.6 Å². The number of rotatable bonds is 8. The molecule has 2 aromatic carbocycles. The molecule has 1 unspecified atom stereocenters. The molecule has 0 aromatic heterocycles. The van der Waals surface area contributed by atoms with Crippen LogP contribution in [0.25, 0.3) is 5.76 Å². The van der Waals surface area contributed by atoms with Gasteiger partial charge in [-0.3, -0.25) is 14.4 Å². The minimum absolute atomic E-state index is 0.0589. The van der Waals surface area contributed by atoms with Gasteiger partial charge in [-0.05, 0) is 57.3 Å². The van der Waals surface area contributed by atoms with Crippen LogP contribution in [-0.2, 0) is 29.9 Å². The lowest BCUT2D eigenvalue weighted by atomic mass is 9.82. The number of aliphatic hydroxyl groups excluding tert-OH is 1. The van der Waals surface area contributed by atoms with Gasteiger partial charge in [-0.2, -0.15) is 4.31 Å². The smallest absolute Gasteiger partial charge is 0.296 e. The summed E-state index contributed by atoms with van der Waals surface area (Å²) >= 11 is 0. The van der Waals surface area contributed by atoms with Crippen LogP contribution in [0.1, 0.15) is 24.0 Å². The third kappa shape index (κ3) is 4.07. The largest absolute Gasteiger partial charge is 0.507 e. The summed E-state index contributed by atoms with van der Waals surface area (Å²) in [6.45, 7) is 5.21. The molecule has 0 aliphatic carbocycles. The lowest BCUT2D eigenvalue weighted by Crippen LogP contribution is -2.53. The summed E-state index contributed by atoms with van der Waals surface area (Å²) in [6, 6.07) is 12.4. The molecule has 0 saturated carbocycles. The fourth-order valence-electron chi connectivity index (χ4n) is 5.78. The quantitative estimate of drug-likeness (QED) is 0.226. The normalized spacial score (nSPS) is 22.6. The molecule has 0 bridgehead atoms. The van der Waals surface area contributed by atoms with Gasteiger partial charge in [0.2, 0.25) is 10.0 Å². The molecule has 2 fully saturated rings. The number of anilines is 1. The van der Waals surface area contributed by atoms with Crippen molar-refractivity contribution in [3.63, 3.8) is 0 Å². The Morgan fingerprint density at radius 3 is 2.33 bits per heavy atom. The van der Waals surface area contributed by atoms with Crippen LogP contribution in [0.3, 0.4) is 0 Å². The highest BCUT2D eigenvalue weighted by Crippen LogP contribution is 2.53. The number of likely N-dealkylation sites (N-methyl/N-ethyl adjacent to an activating group) is 1. The van der Waals surface area contributed by atoms with Gasteiger partial charge in [-0.1, -0.05) is 24.3 Å². The van der Waals surface area contributed by atoms with Crippen molar-refractivity contribution in [2.24, 2.45) is 0 Å². The van der Waals surface area contributed by atoms with Crippen molar-refractivity contribution in [2.75, 3.05) is 51.7 Å². The second kappa shape index (κ2) is 10.3. The second-order valence-corrected chi connectivity index (χ2v) is 12.3. The summed E-state index contributed by atoms with van der Waals surface area (Å²) in [5.74, 6) is -2.95. The molecular weight excluding hydrogens is 532 g/mol. The van der Waals surface area contributed by atoms with Crippen LogP contribution >= 0.6 is 0 Å². The predicted molar refractivity (Wildman–Crippen MR) is 150 cm³/mol. The van der Waals surface area contributed by atoms with E-state index in [1.54, 1.807) is 30.3 Å². The zero-order valence-electron chi connectivity index (χ0n) is 22.5. The second-order valence-electron chi connectivity index (χ2n) is 10.4. The molecule has 1 spiro atoms. The standard InChI is InChI=1S/C29H32N4O6S/c1-4-15-32-23-10-6-5-9-22(23)29(28(32)37)24(26(35)27(36)33(29)19-18-30(2)3)25(34)20-11-13-21(14-12-20)40(38,39)31-16-7-8-17-31/h4-6,9-14,34H,1,7-8,15-19H2,2-3H3/b25-24+. The number of benzene rings is 2. The fraction of sp³-hybridized carbons (Fsp3) is 0.345. The Morgan fingerprint density at radius 1 is 1.05 bits per heavy atom. The first-order valence-electron chi connectivity index (χ1n) is 13.1. The Hall–Kier alpha value is -3.80. The van der Waals surface area contributed by atoms with Crippen molar-refractivity contribution in [2.45, 2.75) is 23.3 Å². The van der Waals surface area contributed by atoms with Crippen molar-refractivity contribution in [1.29, 1.82) is 0 Å². The number of Topliss-reactive ketones (excluding diaryl/α,β-unsaturated/α-hetero) is 1. The summed E-state index contributed by atoms with van der Waals surface area (Å²) in [5, 5.41) is 11.6. The minimum atomic E-state index is -3.70. The lowest BCUT2D eigenvalue weighted by Gasteiger charge is -2.35. The number of ketones is 1. The Labute approximate surface area is 233 Å². The van der Waals surface area contributed by atoms with E-state index in [1.807, 2.05) is 19.0 Å². The Kier molecular flexibility index (Phi) is 7.15. The van der Waals surface area contributed by atoms with Crippen molar-refractivity contribution < 1.29 is 27.9 Å². The zero-order valence-corrected chi connectivity index (χ0v) is 23.4. The highest BCUT2D eigenvalue weighted by molar-refractivity contribution is 7.89. The van der Waals surface area contributed by atoms with Gasteiger partial charge >= 0.3 is 0 Å². The SMILES string of the molecule is C=CCN1C(=O)C2(/C(=C(/O)c3ccc(S(=O)(=O)N4CCCC4)cc3)C(=O)C(=O)N2CCN(C)C)c2ccccc21. The maximum absolute atomic E-state index is 14.3. The molecule has 1 N–H and O–H groups in total. The number of fused-ring (bicyclic) bond motifs is 2. The van der Waals surface area contributed by atoms with Crippen LogP contribution in [0.2, 0.25) is 0 Å². The first kappa shape index (κ1) is 27.8. The van der Waals surface area contributed by atoms with Crippen LogP contribution in [0.4, 0.5) is 5.69 Å². The van der Waals surface area contributed by atoms with Crippen LogP contribution in [0, 0.1) is 0 Å². The first-order chi connectivity index (χ1) is 19.1. The highest BCUT2D eigenvalue weighted by Gasteiger charge is 2.66. The molecule has 10 nitrogen and oxygen atoms in total. The molecular formula is C29H32N4O6S. The number of carbonyl (C=O) groups is 3. The Balaban J connectivity index is 1.69. The molecule has 11 heteroatoms. The number of carbonyl (C=O) groups excluding carboxylic acids is 3. The molecule has 2 amide bonds. The Bertz CT molecular complexity index is 1530. The van der Waals surface area contributed by atoms with Crippen molar-refractivity contribution in [1.82, 2.24) is 14.1 Å². The zero-order chi connectivity index (χ0) is 28.8. The van der Waals surface area contributed by atoms with E-state index in [0.717, 1.165) is 12.8 Å². The monoisotopic (exact) mass is 564 g/mol. The van der Waals surface area contributed by atoms with E-state index in [9.17, 15) is 27.9 Å². The van der Waals surface area contributed by atoms with Gasteiger partial charge in [-0.25, -0.2) is 8.42 Å².